The van der Waals surface area contributed by atoms with Crippen molar-refractivity contribution in [3.05, 3.63) is 28.5 Å². The van der Waals surface area contributed by atoms with Gasteiger partial charge in [-0.2, -0.15) is 0 Å². The van der Waals surface area contributed by atoms with Crippen LogP contribution in [0.3, 0.4) is 0 Å². The predicted molar refractivity (Wildman–Crippen MR) is 60.9 cm³/mol. The number of ether oxygens (including phenoxy) is 1. The van der Waals surface area contributed by atoms with Crippen LogP contribution in [0.2, 0.25) is 0 Å². The average molecular weight is 327 g/mol. The molecule has 1 rings (SSSR count). The van der Waals surface area contributed by atoms with Gasteiger partial charge in [-0.05, 0) is 28.9 Å². The van der Waals surface area contributed by atoms with Crippen LogP contribution in [0.5, 0.6) is 0 Å². The molecule has 0 aromatic carbocycles. The molecule has 0 spiro atoms. The molecule has 0 saturated heterocycles. The van der Waals surface area contributed by atoms with Gasteiger partial charge >= 0.3 is 6.36 Å². The molecule has 0 aliphatic carbocycles. The number of nitrogens with zero attached hydrogens (tertiary/aromatic N) is 1. The average Bonchev–Trinajstić information content (AvgIpc) is 2.25. The first kappa shape index (κ1) is 14.9. The van der Waals surface area contributed by atoms with Gasteiger partial charge in [0.05, 0.1) is 18.2 Å². The largest absolute Gasteiger partial charge is 0.522 e. The van der Waals surface area contributed by atoms with E-state index in [0.29, 0.717) is 4.47 Å². The maximum absolute atomic E-state index is 11.8. The van der Waals surface area contributed by atoms with Crippen molar-refractivity contribution in [1.29, 1.82) is 0 Å². The Labute approximate surface area is 110 Å². The van der Waals surface area contributed by atoms with Gasteiger partial charge in [0.2, 0.25) is 0 Å². The molecule has 4 nitrogen and oxygen atoms in total. The standard InChI is InChI=1S/C10H10BrF3N2O2/c1-6(5-18-10(12,13)14)16-9(17)7-2-8(11)4-15-3-7/h2-4,6H,5H2,1H3,(H,16,17). The minimum Gasteiger partial charge on any atom is -0.347 e. The smallest absolute Gasteiger partial charge is 0.347 e. The molecule has 1 aromatic heterocycles. The van der Waals surface area contributed by atoms with E-state index in [1.807, 2.05) is 0 Å². The number of carbonyl (C=O) groups excluding carboxylic acids is 1. The summed E-state index contributed by atoms with van der Waals surface area (Å²) in [5.74, 6) is -0.512. The quantitative estimate of drug-likeness (QED) is 0.924. The zero-order chi connectivity index (χ0) is 13.8. The number of rotatable bonds is 4. The van der Waals surface area contributed by atoms with Crippen LogP contribution in [-0.2, 0) is 4.74 Å². The number of carbonyl (C=O) groups is 1. The molecule has 1 atom stereocenters. The van der Waals surface area contributed by atoms with E-state index in [9.17, 15) is 18.0 Å². The number of amides is 1. The molecule has 1 aromatic rings. The Kier molecular flexibility index (Phi) is 5.09. The third-order valence-corrected chi connectivity index (χ3v) is 2.28. The van der Waals surface area contributed by atoms with Gasteiger partial charge in [0.25, 0.3) is 5.91 Å². The van der Waals surface area contributed by atoms with Crippen LogP contribution in [0.1, 0.15) is 17.3 Å². The van der Waals surface area contributed by atoms with Gasteiger partial charge in [0, 0.05) is 16.9 Å². The Morgan fingerprint density at radius 1 is 1.56 bits per heavy atom. The summed E-state index contributed by atoms with van der Waals surface area (Å²) in [4.78, 5) is 15.4. The van der Waals surface area contributed by atoms with Crippen LogP contribution < -0.4 is 5.32 Å². The van der Waals surface area contributed by atoms with Crippen molar-refractivity contribution < 1.29 is 22.7 Å². The van der Waals surface area contributed by atoms with E-state index in [-0.39, 0.29) is 5.56 Å². The lowest BCUT2D eigenvalue weighted by molar-refractivity contribution is -0.325. The first-order valence-corrected chi connectivity index (χ1v) is 5.69. The second-order valence-corrected chi connectivity index (χ2v) is 4.44. The summed E-state index contributed by atoms with van der Waals surface area (Å²) >= 11 is 3.14. The van der Waals surface area contributed by atoms with Crippen LogP contribution in [-0.4, -0.2) is 29.9 Å². The Morgan fingerprint density at radius 3 is 2.78 bits per heavy atom. The Morgan fingerprint density at radius 2 is 2.22 bits per heavy atom. The topological polar surface area (TPSA) is 51.2 Å². The number of halogens is 4. The molecule has 0 bridgehead atoms. The normalized spacial score (nSPS) is 13.2. The van der Waals surface area contributed by atoms with Gasteiger partial charge in [0.1, 0.15) is 0 Å². The lowest BCUT2D eigenvalue weighted by atomic mass is 10.2. The predicted octanol–water partition coefficient (Wildman–Crippen LogP) is 2.50. The number of pyridine rings is 1. The minimum absolute atomic E-state index is 0.253. The van der Waals surface area contributed by atoms with Crippen LogP contribution >= 0.6 is 15.9 Å². The van der Waals surface area contributed by atoms with E-state index < -0.39 is 24.9 Å². The highest BCUT2D eigenvalue weighted by Gasteiger charge is 2.29. The number of hydrogen-bond acceptors (Lipinski definition) is 3. The first-order valence-electron chi connectivity index (χ1n) is 4.90. The lowest BCUT2D eigenvalue weighted by Crippen LogP contribution is -2.37. The molecular formula is C10H10BrF3N2O2. The molecular weight excluding hydrogens is 317 g/mol. The van der Waals surface area contributed by atoms with Crippen LogP contribution in [0, 0.1) is 0 Å². The molecule has 18 heavy (non-hydrogen) atoms. The molecule has 100 valence electrons. The van der Waals surface area contributed by atoms with Crippen LogP contribution in [0.4, 0.5) is 13.2 Å². The number of alkyl halides is 3. The molecule has 8 heteroatoms. The number of aromatic nitrogens is 1. The van der Waals surface area contributed by atoms with Crippen molar-refractivity contribution in [2.45, 2.75) is 19.3 Å². The second kappa shape index (κ2) is 6.14. The lowest BCUT2D eigenvalue weighted by Gasteiger charge is -2.15. The van der Waals surface area contributed by atoms with Gasteiger partial charge in [-0.3, -0.25) is 14.5 Å². The molecule has 1 amide bonds. The van der Waals surface area contributed by atoms with E-state index in [1.165, 1.54) is 25.4 Å². The van der Waals surface area contributed by atoms with Crippen molar-refractivity contribution in [2.24, 2.45) is 0 Å². The van der Waals surface area contributed by atoms with E-state index in [2.05, 4.69) is 31.0 Å². The van der Waals surface area contributed by atoms with Crippen LogP contribution in [0.15, 0.2) is 22.9 Å². The third kappa shape index (κ3) is 5.46. The highest BCUT2D eigenvalue weighted by molar-refractivity contribution is 9.10. The summed E-state index contributed by atoms with van der Waals surface area (Å²) in [7, 11) is 0. The maximum atomic E-state index is 11.8. The summed E-state index contributed by atoms with van der Waals surface area (Å²) in [6, 6.07) is 0.748. The van der Waals surface area contributed by atoms with Crippen molar-refractivity contribution in [1.82, 2.24) is 10.3 Å². The Bertz CT molecular complexity index is 426. The number of hydrogen-bond donors (Lipinski definition) is 1. The fraction of sp³-hybridized carbons (Fsp3) is 0.400. The fourth-order valence-electron chi connectivity index (χ4n) is 1.10. The zero-order valence-electron chi connectivity index (χ0n) is 9.29. The summed E-state index contributed by atoms with van der Waals surface area (Å²) < 4.78 is 39.6. The molecule has 0 fully saturated rings. The van der Waals surface area contributed by atoms with E-state index in [1.54, 1.807) is 0 Å². The molecule has 1 heterocycles. The minimum atomic E-state index is -4.70. The Balaban J connectivity index is 2.50. The summed E-state index contributed by atoms with van der Waals surface area (Å²) in [6.45, 7) is 0.770. The summed E-state index contributed by atoms with van der Waals surface area (Å²) in [5, 5.41) is 2.37. The molecule has 0 saturated carbocycles. The van der Waals surface area contributed by atoms with Crippen LogP contribution in [0.25, 0.3) is 0 Å². The first-order chi connectivity index (χ1) is 8.28. The number of nitrogens with one attached hydrogen (secondary N) is 1. The van der Waals surface area contributed by atoms with E-state index >= 15 is 0 Å². The van der Waals surface area contributed by atoms with Gasteiger partial charge in [0.15, 0.2) is 0 Å². The summed E-state index contributed by atoms with van der Waals surface area (Å²) in [5.41, 5.74) is 0.253. The van der Waals surface area contributed by atoms with Crippen molar-refractivity contribution in [3.8, 4) is 0 Å². The van der Waals surface area contributed by atoms with E-state index in [0.717, 1.165) is 0 Å². The molecule has 0 radical (unpaired) electrons. The maximum Gasteiger partial charge on any atom is 0.522 e. The molecule has 0 aliphatic heterocycles. The van der Waals surface area contributed by atoms with Gasteiger partial charge in [-0.1, -0.05) is 0 Å². The SMILES string of the molecule is CC(COC(F)(F)F)NC(=O)c1cncc(Br)c1. The molecule has 1 unspecified atom stereocenters. The highest BCUT2D eigenvalue weighted by atomic mass is 79.9. The summed E-state index contributed by atoms with van der Waals surface area (Å²) in [6.07, 6.45) is -1.89. The third-order valence-electron chi connectivity index (χ3n) is 1.84. The van der Waals surface area contributed by atoms with Gasteiger partial charge in [-0.15, -0.1) is 13.2 Å². The van der Waals surface area contributed by atoms with Gasteiger partial charge < -0.3 is 5.32 Å². The Hall–Kier alpha value is -1.15. The zero-order valence-corrected chi connectivity index (χ0v) is 10.9. The van der Waals surface area contributed by atoms with Gasteiger partial charge in [-0.25, -0.2) is 0 Å². The molecule has 1 N–H and O–H groups in total. The van der Waals surface area contributed by atoms with Crippen molar-refractivity contribution >= 4 is 21.8 Å². The fourth-order valence-corrected chi connectivity index (χ4v) is 1.47. The van der Waals surface area contributed by atoms with Crippen molar-refractivity contribution in [3.63, 3.8) is 0 Å². The second-order valence-electron chi connectivity index (χ2n) is 3.52. The monoisotopic (exact) mass is 326 g/mol. The molecule has 0 aliphatic rings. The highest BCUT2D eigenvalue weighted by Crippen LogP contribution is 2.16. The van der Waals surface area contributed by atoms with Crippen molar-refractivity contribution in [2.75, 3.05) is 6.61 Å². The van der Waals surface area contributed by atoms with E-state index in [4.69, 9.17) is 0 Å².